The summed E-state index contributed by atoms with van der Waals surface area (Å²) < 4.78 is 71.4. The number of hydrogen-bond donors (Lipinski definition) is 2. The quantitative estimate of drug-likeness (QED) is 0.301. The van der Waals surface area contributed by atoms with Crippen LogP contribution < -0.4 is 11.5 Å². The van der Waals surface area contributed by atoms with Crippen LogP contribution in [0.1, 0.15) is 36.8 Å². The van der Waals surface area contributed by atoms with E-state index in [1.165, 1.54) is 17.0 Å². The molecule has 2 aromatic rings. The van der Waals surface area contributed by atoms with E-state index in [0.717, 1.165) is 11.6 Å². The minimum absolute atomic E-state index is 0.0249. The van der Waals surface area contributed by atoms with E-state index in [1.54, 1.807) is 19.1 Å². The third-order valence-corrected chi connectivity index (χ3v) is 8.49. The van der Waals surface area contributed by atoms with E-state index in [2.05, 4.69) is 0 Å². The van der Waals surface area contributed by atoms with Crippen LogP contribution in [0.5, 0.6) is 0 Å². The van der Waals surface area contributed by atoms with Gasteiger partial charge in [-0.2, -0.15) is 8.42 Å². The summed E-state index contributed by atoms with van der Waals surface area (Å²) in [6.07, 6.45) is -0.0560. The van der Waals surface area contributed by atoms with Crippen LogP contribution in [0.4, 0.5) is 13.2 Å². The number of carbonyl (C=O) groups excluding carboxylic acids is 2. The number of fused-ring (bicyclic) bond motifs is 2. The Bertz CT molecular complexity index is 1290. The molecule has 200 valence electrons. The fraction of sp³-hybridized carbons (Fsp3) is 0.440. The molecule has 0 radical (unpaired) electrons. The standard InChI is InChI=1S/C25H28F3N3O5S/c1-13-2-6-18(7-3-13)37(34,35)36-23(24(30)32)25(33)31-16-4-5-17(31)9-15(8-16)22(29)11-14-10-20(27)21(28)12-19(14)26/h2-3,6-7,10,12,15-17,22-23H,4-5,8-9,11,29H2,1H3,(H2,30,32)/t15?,16-,17?,22-,23?/m1/s1. The molecular weight excluding hydrogens is 511 g/mol. The second-order valence-electron chi connectivity index (χ2n) is 9.73. The first kappa shape index (κ1) is 27.1. The van der Waals surface area contributed by atoms with Crippen molar-refractivity contribution >= 4 is 21.9 Å². The van der Waals surface area contributed by atoms with E-state index in [4.69, 9.17) is 15.7 Å². The lowest BCUT2D eigenvalue weighted by atomic mass is 9.82. The van der Waals surface area contributed by atoms with Crippen LogP contribution in [0.15, 0.2) is 41.3 Å². The average molecular weight is 540 g/mol. The van der Waals surface area contributed by atoms with Crippen LogP contribution in [0.2, 0.25) is 0 Å². The maximum atomic E-state index is 14.1. The van der Waals surface area contributed by atoms with Gasteiger partial charge in [0.1, 0.15) is 5.82 Å². The highest BCUT2D eigenvalue weighted by Crippen LogP contribution is 2.41. The van der Waals surface area contributed by atoms with E-state index in [1.807, 2.05) is 0 Å². The van der Waals surface area contributed by atoms with E-state index in [-0.39, 0.29) is 34.9 Å². The molecule has 12 heteroatoms. The van der Waals surface area contributed by atoms with Gasteiger partial charge in [-0.15, -0.1) is 0 Å². The van der Waals surface area contributed by atoms with Gasteiger partial charge in [-0.1, -0.05) is 17.7 Å². The number of nitrogens with zero attached hydrogens (tertiary/aromatic N) is 1. The Balaban J connectivity index is 1.47. The fourth-order valence-corrected chi connectivity index (χ4v) is 6.31. The maximum absolute atomic E-state index is 14.1. The number of nitrogens with two attached hydrogens (primary N) is 2. The number of aryl methyl sites for hydroxylation is 1. The van der Waals surface area contributed by atoms with Gasteiger partial charge in [0.25, 0.3) is 21.9 Å². The van der Waals surface area contributed by atoms with Crippen LogP contribution in [-0.2, 0) is 30.3 Å². The largest absolute Gasteiger partial charge is 0.367 e. The number of carbonyl (C=O) groups is 2. The SMILES string of the molecule is Cc1ccc(S(=O)(=O)OC(C(N)=O)C(=O)N2C3CC[C@@H]2CC([C@H](N)Cc2cc(F)c(F)cc2F)C3)cc1. The summed E-state index contributed by atoms with van der Waals surface area (Å²) in [6.45, 7) is 1.77. The molecule has 0 spiro atoms. The van der Waals surface area contributed by atoms with Crippen LogP contribution in [0.25, 0.3) is 0 Å². The van der Waals surface area contributed by atoms with E-state index in [0.29, 0.717) is 31.7 Å². The summed E-state index contributed by atoms with van der Waals surface area (Å²) in [7, 11) is -4.45. The molecule has 4 N–H and O–H groups in total. The zero-order valence-electron chi connectivity index (χ0n) is 20.1. The van der Waals surface area contributed by atoms with Gasteiger partial charge in [-0.25, -0.2) is 17.4 Å². The summed E-state index contributed by atoms with van der Waals surface area (Å²) in [6, 6.07) is 5.69. The van der Waals surface area contributed by atoms with E-state index in [9.17, 15) is 31.2 Å². The number of hydrogen-bond acceptors (Lipinski definition) is 6. The predicted octanol–water partition coefficient (Wildman–Crippen LogP) is 2.31. The van der Waals surface area contributed by atoms with Crippen LogP contribution in [-0.4, -0.2) is 49.4 Å². The molecule has 2 fully saturated rings. The first-order chi connectivity index (χ1) is 17.4. The van der Waals surface area contributed by atoms with Crippen molar-refractivity contribution in [3.8, 4) is 0 Å². The van der Waals surface area contributed by atoms with Gasteiger partial charge in [-0.3, -0.25) is 9.59 Å². The van der Waals surface area contributed by atoms with Crippen molar-refractivity contribution in [1.82, 2.24) is 4.90 Å². The molecule has 2 amide bonds. The monoisotopic (exact) mass is 539 g/mol. The molecule has 37 heavy (non-hydrogen) atoms. The minimum atomic E-state index is -4.45. The Labute approximate surface area is 212 Å². The zero-order chi connectivity index (χ0) is 27.1. The molecule has 2 aliphatic rings. The second-order valence-corrected chi connectivity index (χ2v) is 11.3. The highest BCUT2D eigenvalue weighted by molar-refractivity contribution is 7.86. The lowest BCUT2D eigenvalue weighted by Crippen LogP contribution is -2.56. The van der Waals surface area contributed by atoms with Gasteiger partial charge in [0.05, 0.1) is 4.90 Å². The third kappa shape index (κ3) is 5.65. The lowest BCUT2D eigenvalue weighted by Gasteiger charge is -2.41. The number of rotatable bonds is 8. The molecule has 4 rings (SSSR count). The van der Waals surface area contributed by atoms with Gasteiger partial charge in [0.15, 0.2) is 11.6 Å². The Morgan fingerprint density at radius 2 is 1.59 bits per heavy atom. The van der Waals surface area contributed by atoms with Gasteiger partial charge in [0.2, 0.25) is 6.10 Å². The maximum Gasteiger partial charge on any atom is 0.298 e. The van der Waals surface area contributed by atoms with Crippen molar-refractivity contribution in [3.05, 3.63) is 65.0 Å². The normalized spacial score (nSPS) is 23.1. The zero-order valence-corrected chi connectivity index (χ0v) is 20.9. The number of benzene rings is 2. The molecule has 2 saturated heterocycles. The molecule has 0 aliphatic carbocycles. The summed E-state index contributed by atoms with van der Waals surface area (Å²) in [4.78, 5) is 26.7. The van der Waals surface area contributed by atoms with E-state index >= 15 is 0 Å². The third-order valence-electron chi connectivity index (χ3n) is 7.19. The van der Waals surface area contributed by atoms with Crippen LogP contribution in [0, 0.1) is 30.3 Å². The van der Waals surface area contributed by atoms with Crippen molar-refractivity contribution < 1.29 is 35.4 Å². The number of halogens is 3. The lowest BCUT2D eigenvalue weighted by molar-refractivity contribution is -0.149. The summed E-state index contributed by atoms with van der Waals surface area (Å²) >= 11 is 0. The van der Waals surface area contributed by atoms with Gasteiger partial charge < -0.3 is 16.4 Å². The van der Waals surface area contributed by atoms with Crippen molar-refractivity contribution in [2.45, 2.75) is 68.2 Å². The summed E-state index contributed by atoms with van der Waals surface area (Å²) in [5.41, 5.74) is 12.5. The smallest absolute Gasteiger partial charge is 0.298 e. The average Bonchev–Trinajstić information content (AvgIpc) is 3.09. The molecular formula is C25H28F3N3O5S. The molecule has 0 aromatic heterocycles. The highest BCUT2D eigenvalue weighted by atomic mass is 32.2. The topological polar surface area (TPSA) is 133 Å². The van der Waals surface area contributed by atoms with Crippen LogP contribution >= 0.6 is 0 Å². The number of amides is 2. The Morgan fingerprint density at radius 1 is 1.03 bits per heavy atom. The van der Waals surface area contributed by atoms with Crippen molar-refractivity contribution in [2.24, 2.45) is 17.4 Å². The van der Waals surface area contributed by atoms with Crippen molar-refractivity contribution in [2.75, 3.05) is 0 Å². The fourth-order valence-electron chi connectivity index (χ4n) is 5.30. The predicted molar refractivity (Wildman–Crippen MR) is 127 cm³/mol. The van der Waals surface area contributed by atoms with Crippen molar-refractivity contribution in [3.63, 3.8) is 0 Å². The Morgan fingerprint density at radius 3 is 2.16 bits per heavy atom. The molecule has 2 aliphatic heterocycles. The highest BCUT2D eigenvalue weighted by Gasteiger charge is 2.48. The first-order valence-corrected chi connectivity index (χ1v) is 13.3. The molecule has 8 nitrogen and oxygen atoms in total. The van der Waals surface area contributed by atoms with Gasteiger partial charge >= 0.3 is 0 Å². The number of piperidine rings is 1. The minimum Gasteiger partial charge on any atom is -0.367 e. The molecule has 2 bridgehead atoms. The molecule has 5 atom stereocenters. The Kier molecular flexibility index (Phi) is 7.63. The molecule has 2 heterocycles. The first-order valence-electron chi connectivity index (χ1n) is 11.9. The van der Waals surface area contributed by atoms with Crippen molar-refractivity contribution in [1.29, 1.82) is 0 Å². The number of primary amides is 1. The van der Waals surface area contributed by atoms with Crippen LogP contribution in [0.3, 0.4) is 0 Å². The second kappa shape index (κ2) is 10.4. The summed E-state index contributed by atoms with van der Waals surface area (Å²) in [5, 5.41) is 0. The van der Waals surface area contributed by atoms with Gasteiger partial charge in [0, 0.05) is 24.2 Å². The Hall–Kier alpha value is -2.96. The van der Waals surface area contributed by atoms with E-state index < -0.39 is 51.5 Å². The molecule has 0 saturated carbocycles. The molecule has 2 aromatic carbocycles. The summed E-state index contributed by atoms with van der Waals surface area (Å²) in [5.74, 6) is -5.57. The van der Waals surface area contributed by atoms with Gasteiger partial charge in [-0.05, 0) is 68.7 Å². The molecule has 3 unspecified atom stereocenters.